The van der Waals surface area contributed by atoms with Crippen LogP contribution in [0.3, 0.4) is 0 Å². The lowest BCUT2D eigenvalue weighted by Crippen LogP contribution is -2.20. The third kappa shape index (κ3) is 3.99. The van der Waals surface area contributed by atoms with Gasteiger partial charge in [-0.15, -0.1) is 0 Å². The molecular weight excluding hydrogens is 384 g/mol. The molecule has 7 heteroatoms. The number of carbonyl (C=O) groups is 1. The van der Waals surface area contributed by atoms with Gasteiger partial charge in [0.2, 0.25) is 5.91 Å². The smallest absolute Gasteiger partial charge is 0.233 e. The van der Waals surface area contributed by atoms with E-state index >= 15 is 0 Å². The number of nitrogens with zero attached hydrogens (tertiary/aromatic N) is 1. The predicted molar refractivity (Wildman–Crippen MR) is 108 cm³/mol. The van der Waals surface area contributed by atoms with E-state index in [1.165, 1.54) is 0 Å². The number of halogens is 1. The van der Waals surface area contributed by atoms with Gasteiger partial charge in [-0.25, -0.2) is 4.72 Å². The number of nitrogens with one attached hydrogen (secondary N) is 1. The molecule has 0 fully saturated rings. The molecule has 2 atom stereocenters. The van der Waals surface area contributed by atoms with Crippen LogP contribution in [0.15, 0.2) is 48.7 Å². The second kappa shape index (κ2) is 7.94. The van der Waals surface area contributed by atoms with Crippen molar-refractivity contribution in [2.45, 2.75) is 26.8 Å². The van der Waals surface area contributed by atoms with Gasteiger partial charge < -0.3 is 4.55 Å². The fourth-order valence-electron chi connectivity index (χ4n) is 3.13. The Morgan fingerprint density at radius 2 is 1.89 bits per heavy atom. The summed E-state index contributed by atoms with van der Waals surface area (Å²) in [6.45, 7) is 5.41. The normalized spacial score (nSPS) is 13.9. The summed E-state index contributed by atoms with van der Waals surface area (Å²) in [5.74, 6) is -0.257. The average Bonchev–Trinajstić information content (AvgIpc) is 2.99. The van der Waals surface area contributed by atoms with Crippen LogP contribution in [0.25, 0.3) is 22.0 Å². The number of aromatic nitrogens is 1. The van der Waals surface area contributed by atoms with E-state index in [2.05, 4.69) is 4.72 Å². The zero-order valence-corrected chi connectivity index (χ0v) is 16.8. The average molecular weight is 404 g/mol. The molecule has 27 heavy (non-hydrogen) atoms. The Kier molecular flexibility index (Phi) is 5.81. The Morgan fingerprint density at radius 1 is 1.19 bits per heavy atom. The maximum atomic E-state index is 12.7. The van der Waals surface area contributed by atoms with Gasteiger partial charge in [0.1, 0.15) is 0 Å². The van der Waals surface area contributed by atoms with Crippen molar-refractivity contribution in [1.82, 2.24) is 9.29 Å². The molecule has 0 aliphatic rings. The van der Waals surface area contributed by atoms with Crippen molar-refractivity contribution >= 4 is 39.7 Å². The fourth-order valence-corrected chi connectivity index (χ4v) is 3.79. The van der Waals surface area contributed by atoms with Crippen LogP contribution in [0.4, 0.5) is 0 Å². The Labute approximate surface area is 165 Å². The lowest BCUT2D eigenvalue weighted by atomic mass is 10.0. The number of hydrogen-bond donors (Lipinski definition) is 1. The van der Waals surface area contributed by atoms with Gasteiger partial charge in [0.05, 0.1) is 5.52 Å². The van der Waals surface area contributed by atoms with Crippen molar-refractivity contribution in [3.8, 4) is 11.1 Å². The first-order valence-corrected chi connectivity index (χ1v) is 10.0. The summed E-state index contributed by atoms with van der Waals surface area (Å²) in [5.41, 5.74) is 3.24. The van der Waals surface area contributed by atoms with Crippen LogP contribution in [-0.2, 0) is 11.3 Å². The van der Waals surface area contributed by atoms with Crippen LogP contribution < -0.4 is 4.72 Å². The number of benzene rings is 2. The minimum absolute atomic E-state index is 0.0574. The molecule has 0 spiro atoms. The predicted octanol–water partition coefficient (Wildman–Crippen LogP) is 4.70. The number of hydrogen-bond acceptors (Lipinski definition) is 3. The summed E-state index contributed by atoms with van der Waals surface area (Å²) in [5, 5.41) is 1.45. The highest BCUT2D eigenvalue weighted by Gasteiger charge is 2.20. The summed E-state index contributed by atoms with van der Waals surface area (Å²) in [4.78, 5) is 12.7. The maximum Gasteiger partial charge on any atom is 0.233 e. The second-order valence-corrected chi connectivity index (χ2v) is 7.85. The minimum atomic E-state index is -2.40. The molecule has 0 amide bonds. The summed E-state index contributed by atoms with van der Waals surface area (Å²) in [6, 6.07) is 12.8. The van der Waals surface area contributed by atoms with Gasteiger partial charge in [0.25, 0.3) is 0 Å². The SMILES string of the molecule is CC(C)C(=O)n1cc(C(C)NS(=O)[O-])c2ccc(-c3ccccc3Cl)cc21. The highest BCUT2D eigenvalue weighted by Crippen LogP contribution is 2.34. The molecule has 2 aromatic carbocycles. The van der Waals surface area contributed by atoms with E-state index in [9.17, 15) is 13.6 Å². The van der Waals surface area contributed by atoms with Crippen molar-refractivity contribution in [3.05, 3.63) is 59.2 Å². The van der Waals surface area contributed by atoms with Crippen molar-refractivity contribution in [2.75, 3.05) is 0 Å². The Hall–Kier alpha value is -1.99. The molecular formula is C20H20ClN2O3S-. The lowest BCUT2D eigenvalue weighted by Gasteiger charge is -2.14. The topological polar surface area (TPSA) is 74.2 Å². The third-order valence-corrected chi connectivity index (χ3v) is 5.37. The summed E-state index contributed by atoms with van der Waals surface area (Å²) in [6.07, 6.45) is 1.72. The van der Waals surface area contributed by atoms with Gasteiger partial charge in [0, 0.05) is 45.4 Å². The molecule has 0 radical (unpaired) electrons. The Balaban J connectivity index is 2.21. The molecule has 0 bridgehead atoms. The quantitative estimate of drug-likeness (QED) is 0.627. The van der Waals surface area contributed by atoms with E-state index in [-0.39, 0.29) is 11.8 Å². The van der Waals surface area contributed by atoms with Crippen molar-refractivity contribution in [2.24, 2.45) is 5.92 Å². The molecule has 1 N–H and O–H groups in total. The van der Waals surface area contributed by atoms with E-state index in [4.69, 9.17) is 11.6 Å². The van der Waals surface area contributed by atoms with Crippen LogP contribution in [-0.4, -0.2) is 19.2 Å². The van der Waals surface area contributed by atoms with Crippen LogP contribution in [0.5, 0.6) is 0 Å². The zero-order chi connectivity index (χ0) is 19.7. The molecule has 3 rings (SSSR count). The second-order valence-electron chi connectivity index (χ2n) is 6.73. The molecule has 0 saturated carbocycles. The largest absolute Gasteiger partial charge is 0.760 e. The van der Waals surface area contributed by atoms with E-state index in [0.717, 1.165) is 27.6 Å². The summed E-state index contributed by atoms with van der Waals surface area (Å²) < 4.78 is 26.1. The van der Waals surface area contributed by atoms with Crippen LogP contribution in [0, 0.1) is 5.92 Å². The van der Waals surface area contributed by atoms with Gasteiger partial charge in [-0.1, -0.05) is 55.8 Å². The van der Waals surface area contributed by atoms with Gasteiger partial charge >= 0.3 is 0 Å². The number of fused-ring (bicyclic) bond motifs is 1. The van der Waals surface area contributed by atoms with E-state index in [0.29, 0.717) is 5.02 Å². The lowest BCUT2D eigenvalue weighted by molar-refractivity contribution is 0.0860. The van der Waals surface area contributed by atoms with Gasteiger partial charge in [0.15, 0.2) is 0 Å². The zero-order valence-electron chi connectivity index (χ0n) is 15.2. The van der Waals surface area contributed by atoms with Crippen molar-refractivity contribution in [1.29, 1.82) is 0 Å². The molecule has 3 aromatic rings. The molecule has 142 valence electrons. The molecule has 0 aliphatic carbocycles. The van der Waals surface area contributed by atoms with Crippen molar-refractivity contribution in [3.63, 3.8) is 0 Å². The summed E-state index contributed by atoms with van der Waals surface area (Å²) >= 11 is 3.93. The molecule has 1 aromatic heterocycles. The van der Waals surface area contributed by atoms with Crippen LogP contribution in [0.1, 0.15) is 37.2 Å². The van der Waals surface area contributed by atoms with Gasteiger partial charge in [-0.05, 0) is 30.2 Å². The highest BCUT2D eigenvalue weighted by atomic mass is 35.5. The minimum Gasteiger partial charge on any atom is -0.760 e. The highest BCUT2D eigenvalue weighted by molar-refractivity contribution is 7.77. The number of carbonyl (C=O) groups excluding carboxylic acids is 1. The van der Waals surface area contributed by atoms with Crippen LogP contribution >= 0.6 is 11.6 Å². The van der Waals surface area contributed by atoms with Crippen molar-refractivity contribution < 1.29 is 13.6 Å². The first kappa shape index (κ1) is 19.8. The molecule has 5 nitrogen and oxygen atoms in total. The van der Waals surface area contributed by atoms with E-state index in [1.54, 1.807) is 17.7 Å². The molecule has 2 unspecified atom stereocenters. The maximum absolute atomic E-state index is 12.7. The number of rotatable bonds is 5. The Bertz CT molecular complexity index is 1030. The summed E-state index contributed by atoms with van der Waals surface area (Å²) in [7, 11) is 0. The first-order valence-electron chi connectivity index (χ1n) is 8.59. The van der Waals surface area contributed by atoms with E-state index < -0.39 is 17.3 Å². The standard InChI is InChI=1S/C20H21ClN2O3S/c1-12(2)20(24)23-11-17(13(3)22-27(25)26)16-9-8-14(10-19(16)23)15-6-4-5-7-18(15)21/h4-13,22H,1-3H3,(H,25,26)/p-1. The van der Waals surface area contributed by atoms with E-state index in [1.807, 2.05) is 56.3 Å². The van der Waals surface area contributed by atoms with Gasteiger partial charge in [-0.3, -0.25) is 13.6 Å². The molecule has 0 aliphatic heterocycles. The molecule has 0 saturated heterocycles. The fraction of sp³-hybridized carbons (Fsp3) is 0.250. The third-order valence-electron chi connectivity index (χ3n) is 4.49. The van der Waals surface area contributed by atoms with Gasteiger partial charge in [-0.2, -0.15) is 0 Å². The van der Waals surface area contributed by atoms with Crippen LogP contribution in [0.2, 0.25) is 5.02 Å². The Morgan fingerprint density at radius 3 is 2.52 bits per heavy atom. The molecule has 1 heterocycles. The monoisotopic (exact) mass is 403 g/mol. The first-order chi connectivity index (χ1) is 12.8.